The Morgan fingerprint density at radius 3 is 2.41 bits per heavy atom. The van der Waals surface area contributed by atoms with Crippen molar-refractivity contribution in [2.24, 2.45) is 5.41 Å². The highest BCUT2D eigenvalue weighted by Crippen LogP contribution is 2.29. The molecule has 0 aliphatic heterocycles. The molecule has 0 atom stereocenters. The van der Waals surface area contributed by atoms with Crippen molar-refractivity contribution >= 4 is 17.4 Å². The van der Waals surface area contributed by atoms with E-state index in [0.29, 0.717) is 22.5 Å². The lowest BCUT2D eigenvalue weighted by Crippen LogP contribution is -2.33. The largest absolute Gasteiger partial charge is 0.381 e. The third-order valence-electron chi connectivity index (χ3n) is 6.32. The topological polar surface area (TPSA) is 71.2 Å². The van der Waals surface area contributed by atoms with E-state index in [-0.39, 0.29) is 17.1 Å². The zero-order valence-corrected chi connectivity index (χ0v) is 23.8. The molecule has 2 aromatic carbocycles. The smallest absolute Gasteiger partial charge is 0.256 e. The molecule has 3 N–H and O–H groups in total. The van der Waals surface area contributed by atoms with Crippen molar-refractivity contribution in [1.29, 1.82) is 0 Å². The first-order chi connectivity index (χ1) is 18.4. The first-order valence-corrected chi connectivity index (χ1v) is 13.0. The Bertz CT molecular complexity index is 1470. The van der Waals surface area contributed by atoms with E-state index in [0.717, 1.165) is 28.8 Å². The summed E-state index contributed by atoms with van der Waals surface area (Å²) >= 11 is 0. The lowest BCUT2D eigenvalue weighted by molar-refractivity contribution is 0.0965. The van der Waals surface area contributed by atoms with Gasteiger partial charge in [0, 0.05) is 35.6 Å². The molecule has 0 bridgehead atoms. The molecule has 0 aliphatic carbocycles. The molecule has 39 heavy (non-hydrogen) atoms. The van der Waals surface area contributed by atoms with E-state index in [9.17, 15) is 9.18 Å². The number of amides is 1. The maximum Gasteiger partial charge on any atom is 0.256 e. The van der Waals surface area contributed by atoms with Gasteiger partial charge in [-0.25, -0.2) is 9.37 Å². The molecule has 0 unspecified atom stereocenters. The van der Waals surface area contributed by atoms with Gasteiger partial charge in [-0.2, -0.15) is 0 Å². The van der Waals surface area contributed by atoms with Crippen LogP contribution in [0.2, 0.25) is 0 Å². The van der Waals surface area contributed by atoms with Gasteiger partial charge in [0.15, 0.2) is 11.6 Å². The molecule has 0 fully saturated rings. The van der Waals surface area contributed by atoms with E-state index in [4.69, 9.17) is 5.73 Å². The third-order valence-corrected chi connectivity index (χ3v) is 6.32. The van der Waals surface area contributed by atoms with E-state index >= 15 is 0 Å². The highest BCUT2D eigenvalue weighted by Gasteiger charge is 2.19. The molecule has 3 rings (SSSR count). The zero-order valence-electron chi connectivity index (χ0n) is 23.8. The number of nitrogens with zero attached hydrogens (tertiary/aromatic N) is 2. The number of nitrogens with one attached hydrogen (secondary N) is 1. The summed E-state index contributed by atoms with van der Waals surface area (Å²) in [4.78, 5) is 19.3. The average molecular weight is 525 g/mol. The number of aryl methyl sites for hydroxylation is 2. The Hall–Kier alpha value is -4.37. The van der Waals surface area contributed by atoms with Crippen molar-refractivity contribution in [3.05, 3.63) is 112 Å². The molecule has 3 aromatic rings. The van der Waals surface area contributed by atoms with E-state index in [1.165, 1.54) is 12.3 Å². The van der Waals surface area contributed by atoms with E-state index in [1.54, 1.807) is 12.1 Å². The first-order valence-electron chi connectivity index (χ1n) is 13.0. The van der Waals surface area contributed by atoms with Gasteiger partial charge in [-0.15, -0.1) is 0 Å². The molecule has 1 heterocycles. The maximum absolute atomic E-state index is 13.8. The average Bonchev–Trinajstić information content (AvgIpc) is 2.88. The summed E-state index contributed by atoms with van der Waals surface area (Å²) < 4.78 is 13.8. The molecule has 0 aliphatic rings. The molecule has 5 nitrogen and oxygen atoms in total. The van der Waals surface area contributed by atoms with Gasteiger partial charge in [0.25, 0.3) is 5.91 Å². The number of nitrogens with two attached hydrogens (primary N) is 1. The second-order valence-electron chi connectivity index (χ2n) is 10.6. The summed E-state index contributed by atoms with van der Waals surface area (Å²) in [5.41, 5.74) is 11.0. The van der Waals surface area contributed by atoms with Crippen LogP contribution in [0.1, 0.15) is 66.7 Å². The van der Waals surface area contributed by atoms with E-state index in [1.807, 2.05) is 62.2 Å². The van der Waals surface area contributed by atoms with Crippen LogP contribution in [0.4, 0.5) is 15.9 Å². The maximum atomic E-state index is 13.8. The lowest BCUT2D eigenvalue weighted by Gasteiger charge is -2.27. The minimum absolute atomic E-state index is 0.108. The van der Waals surface area contributed by atoms with Crippen LogP contribution in [-0.2, 0) is 0 Å². The van der Waals surface area contributed by atoms with Crippen LogP contribution < -0.4 is 16.0 Å². The molecule has 0 saturated carbocycles. The van der Waals surface area contributed by atoms with Crippen LogP contribution >= 0.6 is 0 Å². The fourth-order valence-electron chi connectivity index (χ4n) is 3.82. The molecular weight excluding hydrogens is 487 g/mol. The second kappa shape index (κ2) is 12.4. The summed E-state index contributed by atoms with van der Waals surface area (Å²) in [6, 6.07) is 14.8. The number of nitrogen functional groups attached to an aromatic ring is 1. The number of carbonyl (C=O) groups is 1. The molecule has 0 spiro atoms. The quantitative estimate of drug-likeness (QED) is 0.272. The number of benzene rings is 2. The minimum atomic E-state index is -0.615. The van der Waals surface area contributed by atoms with Crippen LogP contribution in [0.3, 0.4) is 0 Å². The summed E-state index contributed by atoms with van der Waals surface area (Å²) in [7, 11) is 1.94. The SMILES string of the molecule is CC/C=C(/C=C(/NC(=O)c1ccc(C)c(C#Cc2cnc(N)c(F)c2)c1)N(C)c1ccc(C)cc1)C(C)(C)C. The Balaban J connectivity index is 1.98. The van der Waals surface area contributed by atoms with Crippen LogP contribution in [0.15, 0.2) is 78.3 Å². The summed E-state index contributed by atoms with van der Waals surface area (Å²) in [6.07, 6.45) is 6.53. The molecule has 1 amide bonds. The number of hydrogen-bond donors (Lipinski definition) is 2. The van der Waals surface area contributed by atoms with Gasteiger partial charge in [-0.05, 0) is 73.2 Å². The minimum Gasteiger partial charge on any atom is -0.381 e. The van der Waals surface area contributed by atoms with Crippen LogP contribution in [0.25, 0.3) is 0 Å². The van der Waals surface area contributed by atoms with Crippen molar-refractivity contribution < 1.29 is 9.18 Å². The number of pyridine rings is 1. The standard InChI is InChI=1S/C33H37FN4O/c1-8-9-27(33(4,5)6)20-30(38(7)28-16-10-22(2)11-17-28)37-32(39)26-14-12-23(3)25(19-26)15-13-24-18-29(34)31(35)36-21-24/h9-12,14,16-21H,8H2,1-7H3,(H2,35,36)(H,37,39)/b27-9-,30-20-. The fourth-order valence-corrected chi connectivity index (χ4v) is 3.82. The summed E-state index contributed by atoms with van der Waals surface area (Å²) in [6.45, 7) is 12.5. The van der Waals surface area contributed by atoms with Gasteiger partial charge in [0.1, 0.15) is 5.82 Å². The van der Waals surface area contributed by atoms with Crippen molar-refractivity contribution in [1.82, 2.24) is 10.3 Å². The Kier molecular flexibility index (Phi) is 9.32. The monoisotopic (exact) mass is 524 g/mol. The van der Waals surface area contributed by atoms with Crippen molar-refractivity contribution in [2.45, 2.75) is 48.0 Å². The van der Waals surface area contributed by atoms with Gasteiger partial charge in [0.05, 0.1) is 0 Å². The normalized spacial score (nSPS) is 12.0. The second-order valence-corrected chi connectivity index (χ2v) is 10.6. The molecular formula is C33H37FN4O. The van der Waals surface area contributed by atoms with Crippen LogP contribution in [0, 0.1) is 36.9 Å². The van der Waals surface area contributed by atoms with Gasteiger partial charge in [0.2, 0.25) is 0 Å². The number of aromatic nitrogens is 1. The first kappa shape index (κ1) is 29.2. The molecule has 0 saturated heterocycles. The fraction of sp³-hybridized carbons (Fsp3) is 0.273. The summed E-state index contributed by atoms with van der Waals surface area (Å²) in [5, 5.41) is 3.13. The number of hydrogen-bond acceptors (Lipinski definition) is 4. The number of halogens is 1. The lowest BCUT2D eigenvalue weighted by atomic mass is 9.85. The molecule has 202 valence electrons. The summed E-state index contributed by atoms with van der Waals surface area (Å²) in [5.74, 6) is 5.57. The third kappa shape index (κ3) is 7.81. The highest BCUT2D eigenvalue weighted by atomic mass is 19.1. The Morgan fingerprint density at radius 2 is 1.79 bits per heavy atom. The van der Waals surface area contributed by atoms with E-state index in [2.05, 4.69) is 55.9 Å². The van der Waals surface area contributed by atoms with Gasteiger partial charge >= 0.3 is 0 Å². The molecule has 0 radical (unpaired) electrons. The Labute approximate surface area is 231 Å². The van der Waals surface area contributed by atoms with Crippen LogP contribution in [0.5, 0.6) is 0 Å². The molecule has 6 heteroatoms. The predicted molar refractivity (Wildman–Crippen MR) is 159 cm³/mol. The predicted octanol–water partition coefficient (Wildman–Crippen LogP) is 6.91. The van der Waals surface area contributed by atoms with Crippen molar-refractivity contribution in [3.8, 4) is 11.8 Å². The van der Waals surface area contributed by atoms with Gasteiger partial charge in [-0.1, -0.05) is 69.4 Å². The van der Waals surface area contributed by atoms with Crippen molar-refractivity contribution in [2.75, 3.05) is 17.7 Å². The van der Waals surface area contributed by atoms with Gasteiger partial charge < -0.3 is 16.0 Å². The molecule has 1 aromatic heterocycles. The van der Waals surface area contributed by atoms with E-state index < -0.39 is 5.82 Å². The Morgan fingerprint density at radius 1 is 1.10 bits per heavy atom. The van der Waals surface area contributed by atoms with Crippen molar-refractivity contribution in [3.63, 3.8) is 0 Å². The zero-order chi connectivity index (χ0) is 28.7. The van der Waals surface area contributed by atoms with Gasteiger partial charge in [-0.3, -0.25) is 4.79 Å². The van der Waals surface area contributed by atoms with Crippen LogP contribution in [-0.4, -0.2) is 17.9 Å². The number of carbonyl (C=O) groups excluding carboxylic acids is 1. The highest BCUT2D eigenvalue weighted by molar-refractivity contribution is 5.96. The number of anilines is 2. The number of allylic oxidation sites excluding steroid dienone is 3. The number of rotatable bonds is 6.